The van der Waals surface area contributed by atoms with Gasteiger partial charge in [0.1, 0.15) is 58.8 Å². The van der Waals surface area contributed by atoms with Crippen LogP contribution in [0, 0.1) is 86.9 Å². The SMILES string of the molecule is COc1cccc(OC)c1Oc1cc([C@H]2CC(=O)N(c3cccc(C(N)=O)c3)C2)ccc1C#N.COc1ccccc1Oc1cc([C@H]2CC(=O)N(c3cccc(C(N)=O)c3)C2)ccc1C#N.Cc1cc(C)c(C)c(Oc2cc([C@H]3CC(=O)N(c4cccc(C(N)=O)c4)C3)ccc2C#N)c1.Cc1ccc(C)c(Oc2cc([C@H]3CC(=O)N(c4cccc(C(N)=O)c4)C3)ccc2C#N)c1C. The average Bonchev–Trinajstić information content (AvgIpc) is 1.63. The van der Waals surface area contributed by atoms with Gasteiger partial charge in [0, 0.05) is 121 Å². The predicted molar refractivity (Wildman–Crippen MR) is 497 cm³/mol. The molecule has 4 heterocycles. The third-order valence-corrected chi connectivity index (χ3v) is 23.6. The van der Waals surface area contributed by atoms with Gasteiger partial charge in [-0.3, -0.25) is 38.4 Å². The number of hydrogen-bond donors (Lipinski definition) is 4. The van der Waals surface area contributed by atoms with Gasteiger partial charge in [-0.1, -0.05) is 84.9 Å². The monoisotopic (exact) mass is 1760 g/mol. The molecule has 12 aromatic rings. The molecule has 0 radical (unpaired) electrons. The van der Waals surface area contributed by atoms with Gasteiger partial charge in [-0.2, -0.15) is 21.0 Å². The Kier molecular flexibility index (Phi) is 28.9. The van der Waals surface area contributed by atoms with E-state index in [-0.39, 0.29) is 53.7 Å². The molecule has 4 aliphatic heterocycles. The first kappa shape index (κ1) is 92.6. The molecule has 27 heteroatoms. The first-order chi connectivity index (χ1) is 63.5. The summed E-state index contributed by atoms with van der Waals surface area (Å²) in [5, 5.41) is 38.4. The van der Waals surface area contributed by atoms with E-state index in [2.05, 4.69) is 30.3 Å². The standard InChI is InChI=1S/2C27H25N3O3.C26H23N3O5.C25H21N3O4/c1-16-9-17(2)18(3)24(10-16)33-25-12-19(7-8-21(25)14-28)22-13-26(31)30(15-22)23-6-4-5-20(11-23)27(29)32;1-16-7-8-17(2)26(18(16)3)33-24-12-19(9-10-21(24)14-28)22-13-25(31)30(15-22)23-6-4-5-20(11-23)27(29)32;1-32-21-7-4-8-22(33-2)25(21)34-23-12-16(9-10-18(23)14-27)19-13-24(30)29(15-19)20-6-3-5-17(11-20)26(28)31;1-31-21-7-2-3-8-22(21)32-23-12-16(9-10-18(23)14-26)19-13-24(29)28(15-19)20-6-4-5-17(11-20)25(27)30/h2*4-12,22H,13,15H2,1-3H3,(H2,29,32);3-12,19H,13,15H2,1-2H3,(H2,28,31);2-12,19H,13,15H2,1H3,(H2,27,30)/t2*22-;2*19-/m0000/s1. The number of nitrogens with zero attached hydrogens (tertiary/aromatic N) is 8. The highest BCUT2D eigenvalue weighted by Gasteiger charge is 2.38. The molecule has 4 atom stereocenters. The second-order valence-electron chi connectivity index (χ2n) is 32.2. The molecule has 4 fully saturated rings. The summed E-state index contributed by atoms with van der Waals surface area (Å²) in [7, 11) is 4.60. The molecule has 0 saturated carbocycles. The van der Waals surface area contributed by atoms with Crippen LogP contribution in [0.4, 0.5) is 22.7 Å². The van der Waals surface area contributed by atoms with Crippen LogP contribution in [0.15, 0.2) is 237 Å². The maximum absolute atomic E-state index is 12.8. The number of anilines is 4. The molecule has 27 nitrogen and oxygen atoms in total. The maximum Gasteiger partial charge on any atom is 0.248 e. The van der Waals surface area contributed by atoms with Crippen LogP contribution in [0.25, 0.3) is 0 Å². The van der Waals surface area contributed by atoms with Gasteiger partial charge in [-0.15, -0.1) is 0 Å². The number of nitrogens with two attached hydrogens (primary N) is 4. The van der Waals surface area contributed by atoms with Crippen molar-refractivity contribution >= 4 is 70.0 Å². The summed E-state index contributed by atoms with van der Waals surface area (Å²) in [6.07, 6.45) is 1.24. The largest absolute Gasteiger partial charge is 0.493 e. The minimum Gasteiger partial charge on any atom is -0.493 e. The zero-order valence-electron chi connectivity index (χ0n) is 74.0. The molecule has 12 aromatic carbocycles. The van der Waals surface area contributed by atoms with Crippen LogP contribution in [0.5, 0.6) is 63.2 Å². The third kappa shape index (κ3) is 21.1. The molecule has 8 N–H and O–H groups in total. The quantitative estimate of drug-likeness (QED) is 0.0462. The summed E-state index contributed by atoms with van der Waals surface area (Å²) in [6.45, 7) is 13.8. The summed E-state index contributed by atoms with van der Waals surface area (Å²) < 4.78 is 40.7. The highest BCUT2D eigenvalue weighted by Crippen LogP contribution is 2.46. The van der Waals surface area contributed by atoms with Gasteiger partial charge < -0.3 is 75.7 Å². The maximum atomic E-state index is 12.8. The van der Waals surface area contributed by atoms with Gasteiger partial charge in [0.2, 0.25) is 53.0 Å². The number of rotatable bonds is 23. The van der Waals surface area contributed by atoms with Crippen LogP contribution < -0.4 is 75.7 Å². The zero-order valence-corrected chi connectivity index (χ0v) is 74.0. The van der Waals surface area contributed by atoms with E-state index in [0.717, 1.165) is 61.4 Å². The number of amides is 8. The Hall–Kier alpha value is -17.0. The number of carbonyl (C=O) groups excluding carboxylic acids is 8. The number of carbonyl (C=O) groups is 8. The predicted octanol–water partition coefficient (Wildman–Crippen LogP) is 17.8. The molecule has 4 aliphatic rings. The number of hydrogen-bond acceptors (Lipinski definition) is 19. The van der Waals surface area contributed by atoms with E-state index in [1.165, 1.54) is 14.2 Å². The van der Waals surface area contributed by atoms with Crippen molar-refractivity contribution in [3.05, 3.63) is 337 Å². The van der Waals surface area contributed by atoms with Gasteiger partial charge in [-0.25, -0.2) is 0 Å². The molecule has 0 bridgehead atoms. The lowest BCUT2D eigenvalue weighted by molar-refractivity contribution is -0.118. The Labute approximate surface area is 763 Å². The van der Waals surface area contributed by atoms with Crippen molar-refractivity contribution in [2.75, 3.05) is 67.1 Å². The van der Waals surface area contributed by atoms with Gasteiger partial charge in [0.15, 0.2) is 23.0 Å². The van der Waals surface area contributed by atoms with Crippen molar-refractivity contribution in [3.63, 3.8) is 0 Å². The van der Waals surface area contributed by atoms with Crippen molar-refractivity contribution in [3.8, 4) is 87.5 Å². The smallest absolute Gasteiger partial charge is 0.248 e. The number of ether oxygens (including phenoxy) is 7. The highest BCUT2D eigenvalue weighted by molar-refractivity contribution is 6.03. The number of para-hydroxylation sites is 3. The molecule has 8 amide bonds. The van der Waals surface area contributed by atoms with Crippen LogP contribution in [0.2, 0.25) is 0 Å². The van der Waals surface area contributed by atoms with Crippen LogP contribution in [0.3, 0.4) is 0 Å². The van der Waals surface area contributed by atoms with E-state index < -0.39 is 23.6 Å². The topological polar surface area (TPSA) is 413 Å². The Bertz CT molecular complexity index is 6720. The molecule has 0 aliphatic carbocycles. The lowest BCUT2D eigenvalue weighted by atomic mass is 9.96. The van der Waals surface area contributed by atoms with E-state index in [1.54, 1.807) is 191 Å². The van der Waals surface area contributed by atoms with E-state index in [4.69, 9.17) is 56.1 Å². The Morgan fingerprint density at radius 1 is 0.295 bits per heavy atom. The summed E-state index contributed by atoms with van der Waals surface area (Å²) in [5.74, 6) is 2.82. The van der Waals surface area contributed by atoms with Crippen molar-refractivity contribution < 1.29 is 71.5 Å². The van der Waals surface area contributed by atoms with Crippen molar-refractivity contribution in [2.24, 2.45) is 22.9 Å². The molecule has 16 rings (SSSR count). The fourth-order valence-electron chi connectivity index (χ4n) is 16.2. The summed E-state index contributed by atoms with van der Waals surface area (Å²) in [6, 6.07) is 77.8. The Morgan fingerprint density at radius 3 is 0.917 bits per heavy atom. The Balaban J connectivity index is 0.000000150. The number of aryl methyl sites for hydroxylation is 4. The van der Waals surface area contributed by atoms with E-state index in [1.807, 2.05) is 108 Å². The Morgan fingerprint density at radius 2 is 0.591 bits per heavy atom. The number of primary amides is 4. The number of nitriles is 4. The average molecular weight is 1760 g/mol. The van der Waals surface area contributed by atoms with Gasteiger partial charge in [-0.05, 0) is 249 Å². The van der Waals surface area contributed by atoms with Gasteiger partial charge in [0.25, 0.3) is 0 Å². The summed E-state index contributed by atoms with van der Waals surface area (Å²) in [4.78, 5) is 104. The molecule has 0 unspecified atom stereocenters. The van der Waals surface area contributed by atoms with Crippen LogP contribution in [-0.2, 0) is 19.2 Å². The number of methoxy groups -OCH3 is 3. The van der Waals surface area contributed by atoms with Crippen molar-refractivity contribution in [2.45, 2.75) is 90.9 Å². The van der Waals surface area contributed by atoms with Crippen molar-refractivity contribution in [1.29, 1.82) is 21.0 Å². The molecule has 4 saturated heterocycles. The molecule has 0 spiro atoms. The van der Waals surface area contributed by atoms with Gasteiger partial charge in [0.05, 0.1) is 43.6 Å². The number of benzene rings is 12. The summed E-state index contributed by atoms with van der Waals surface area (Å²) in [5.41, 5.74) is 37.0. The minimum absolute atomic E-state index is 0.0289. The fourth-order valence-corrected chi connectivity index (χ4v) is 16.2. The van der Waals surface area contributed by atoms with E-state index in [0.29, 0.717) is 170 Å². The highest BCUT2D eigenvalue weighted by atomic mass is 16.5. The van der Waals surface area contributed by atoms with Crippen LogP contribution in [0.1, 0.15) is 169 Å². The molecular weight excluding hydrogens is 1670 g/mol. The first-order valence-electron chi connectivity index (χ1n) is 42.2. The van der Waals surface area contributed by atoms with E-state index >= 15 is 0 Å². The van der Waals surface area contributed by atoms with Gasteiger partial charge >= 0.3 is 0 Å². The molecule has 0 aromatic heterocycles. The normalized spacial score (nSPS) is 15.3. The molecular formula is C105H94N12O15. The molecule has 132 heavy (non-hydrogen) atoms. The van der Waals surface area contributed by atoms with Crippen LogP contribution >= 0.6 is 0 Å². The molecule has 664 valence electrons. The lowest BCUT2D eigenvalue weighted by Gasteiger charge is -2.19. The second kappa shape index (κ2) is 41.2. The minimum atomic E-state index is -0.550. The fraction of sp³-hybridized carbons (Fsp3) is 0.200. The van der Waals surface area contributed by atoms with E-state index in [9.17, 15) is 59.4 Å². The lowest BCUT2D eigenvalue weighted by Crippen LogP contribution is -2.24. The third-order valence-electron chi connectivity index (χ3n) is 23.6. The first-order valence-corrected chi connectivity index (χ1v) is 42.2. The van der Waals surface area contributed by atoms with Crippen LogP contribution in [-0.4, -0.2) is 94.8 Å². The zero-order chi connectivity index (χ0) is 94.3. The summed E-state index contributed by atoms with van der Waals surface area (Å²) >= 11 is 0. The van der Waals surface area contributed by atoms with Crippen molar-refractivity contribution in [1.82, 2.24) is 0 Å². The second-order valence-corrected chi connectivity index (χ2v) is 32.2.